The van der Waals surface area contributed by atoms with Crippen LogP contribution in [0, 0.1) is 0 Å². The predicted molar refractivity (Wildman–Crippen MR) is 84.3 cm³/mol. The Hall–Kier alpha value is -1.76. The van der Waals surface area contributed by atoms with Gasteiger partial charge >= 0.3 is 0 Å². The van der Waals surface area contributed by atoms with Crippen LogP contribution in [0.1, 0.15) is 33.6 Å². The van der Waals surface area contributed by atoms with Gasteiger partial charge in [-0.1, -0.05) is 12.1 Å². The average molecular weight is 318 g/mol. The van der Waals surface area contributed by atoms with Crippen LogP contribution < -0.4 is 0 Å². The highest BCUT2D eigenvalue weighted by Crippen LogP contribution is 2.28. The third-order valence-corrected chi connectivity index (χ3v) is 4.58. The molecule has 1 saturated heterocycles. The van der Waals surface area contributed by atoms with Crippen molar-refractivity contribution in [3.63, 3.8) is 0 Å². The molecule has 0 radical (unpaired) electrons. The van der Waals surface area contributed by atoms with E-state index < -0.39 is 6.10 Å². The minimum absolute atomic E-state index is 0.0572. The van der Waals surface area contributed by atoms with E-state index in [1.54, 1.807) is 31.4 Å². The quantitative estimate of drug-likeness (QED) is 0.812. The van der Waals surface area contributed by atoms with Gasteiger partial charge in [0.25, 0.3) is 11.8 Å². The number of imide groups is 1. The van der Waals surface area contributed by atoms with Gasteiger partial charge in [-0.25, -0.2) is 0 Å². The number of hydrogen-bond acceptors (Lipinski definition) is 5. The Morgan fingerprint density at radius 2 is 1.74 bits per heavy atom. The van der Waals surface area contributed by atoms with Gasteiger partial charge in [0.2, 0.25) is 0 Å². The zero-order chi connectivity index (χ0) is 16.4. The van der Waals surface area contributed by atoms with Crippen molar-refractivity contribution in [3.05, 3.63) is 35.4 Å². The highest BCUT2D eigenvalue weighted by molar-refractivity contribution is 6.21. The van der Waals surface area contributed by atoms with Gasteiger partial charge in [-0.3, -0.25) is 14.5 Å². The van der Waals surface area contributed by atoms with Crippen molar-refractivity contribution < 1.29 is 19.4 Å². The fourth-order valence-corrected chi connectivity index (χ4v) is 3.44. The standard InChI is InChI=1S/C17H22N2O4/c1-23-11-13(20)10-18-8-6-12(7-9-18)19-16(21)14-4-2-3-5-15(14)17(19)22/h2-5,12-13,20H,6-11H2,1H3. The van der Waals surface area contributed by atoms with E-state index in [0.29, 0.717) is 24.3 Å². The number of hydrogen-bond donors (Lipinski definition) is 1. The predicted octanol–water partition coefficient (Wildman–Crippen LogP) is 0.754. The Morgan fingerprint density at radius 1 is 1.17 bits per heavy atom. The number of carbonyl (C=O) groups is 2. The fraction of sp³-hybridized carbons (Fsp3) is 0.529. The van der Waals surface area contributed by atoms with Crippen LogP contribution in [-0.4, -0.2) is 72.2 Å². The number of β-amino-alcohol motifs (C(OH)–C–C–N with tert-alkyl or cyclic N) is 1. The van der Waals surface area contributed by atoms with E-state index in [1.807, 2.05) is 0 Å². The number of piperidine rings is 1. The van der Waals surface area contributed by atoms with Crippen LogP contribution >= 0.6 is 0 Å². The molecule has 0 saturated carbocycles. The number of likely N-dealkylation sites (tertiary alicyclic amines) is 1. The molecule has 2 amide bonds. The number of benzene rings is 1. The Morgan fingerprint density at radius 3 is 2.26 bits per heavy atom. The molecule has 2 heterocycles. The summed E-state index contributed by atoms with van der Waals surface area (Å²) in [5, 5.41) is 9.80. The molecular formula is C17H22N2O4. The molecule has 0 spiro atoms. The molecular weight excluding hydrogens is 296 g/mol. The second-order valence-corrected chi connectivity index (χ2v) is 6.17. The van der Waals surface area contributed by atoms with Crippen molar-refractivity contribution >= 4 is 11.8 Å². The average Bonchev–Trinajstić information content (AvgIpc) is 2.81. The van der Waals surface area contributed by atoms with Gasteiger partial charge in [0, 0.05) is 32.8 Å². The molecule has 2 aliphatic rings. The first kappa shape index (κ1) is 16.1. The molecule has 2 aliphatic heterocycles. The van der Waals surface area contributed by atoms with Crippen LogP contribution in [0.15, 0.2) is 24.3 Å². The largest absolute Gasteiger partial charge is 0.389 e. The number of aliphatic hydroxyl groups is 1. The molecule has 124 valence electrons. The lowest BCUT2D eigenvalue weighted by molar-refractivity contribution is 0.0229. The molecule has 1 atom stereocenters. The number of methoxy groups -OCH3 is 1. The van der Waals surface area contributed by atoms with Crippen LogP contribution in [0.4, 0.5) is 0 Å². The molecule has 6 heteroatoms. The van der Waals surface area contributed by atoms with Crippen molar-refractivity contribution in [2.75, 3.05) is 33.4 Å². The summed E-state index contributed by atoms with van der Waals surface area (Å²) in [7, 11) is 1.57. The number of carbonyl (C=O) groups excluding carboxylic acids is 2. The maximum absolute atomic E-state index is 12.5. The van der Waals surface area contributed by atoms with Crippen molar-refractivity contribution in [2.24, 2.45) is 0 Å². The van der Waals surface area contributed by atoms with E-state index in [1.165, 1.54) is 4.90 Å². The highest BCUT2D eigenvalue weighted by atomic mass is 16.5. The smallest absolute Gasteiger partial charge is 0.261 e. The zero-order valence-corrected chi connectivity index (χ0v) is 13.3. The summed E-state index contributed by atoms with van der Waals surface area (Å²) in [6.45, 7) is 2.40. The van der Waals surface area contributed by atoms with Gasteiger partial charge in [-0.15, -0.1) is 0 Å². The third-order valence-electron chi connectivity index (χ3n) is 4.58. The van der Waals surface area contributed by atoms with Gasteiger partial charge in [0.05, 0.1) is 23.8 Å². The van der Waals surface area contributed by atoms with E-state index in [4.69, 9.17) is 4.74 Å². The second kappa shape index (κ2) is 6.78. The second-order valence-electron chi connectivity index (χ2n) is 6.17. The maximum atomic E-state index is 12.5. The van der Waals surface area contributed by atoms with Crippen LogP contribution in [0.2, 0.25) is 0 Å². The summed E-state index contributed by atoms with van der Waals surface area (Å²) >= 11 is 0. The summed E-state index contributed by atoms with van der Waals surface area (Å²) in [4.78, 5) is 28.5. The molecule has 23 heavy (non-hydrogen) atoms. The summed E-state index contributed by atoms with van der Waals surface area (Å²) in [5.74, 6) is -0.355. The Labute approximate surface area is 135 Å². The summed E-state index contributed by atoms with van der Waals surface area (Å²) < 4.78 is 4.94. The zero-order valence-electron chi connectivity index (χ0n) is 13.3. The number of nitrogens with zero attached hydrogens (tertiary/aromatic N) is 2. The fourth-order valence-electron chi connectivity index (χ4n) is 3.44. The van der Waals surface area contributed by atoms with Crippen molar-refractivity contribution in [2.45, 2.75) is 25.0 Å². The molecule has 0 bridgehead atoms. The number of amides is 2. The number of fused-ring (bicyclic) bond motifs is 1. The number of ether oxygens (including phenoxy) is 1. The highest BCUT2D eigenvalue weighted by Gasteiger charge is 2.40. The van der Waals surface area contributed by atoms with E-state index >= 15 is 0 Å². The first-order valence-corrected chi connectivity index (χ1v) is 7.98. The minimum Gasteiger partial charge on any atom is -0.389 e. The van der Waals surface area contributed by atoms with Gasteiger partial charge < -0.3 is 14.7 Å². The lowest BCUT2D eigenvalue weighted by atomic mass is 10.0. The van der Waals surface area contributed by atoms with Crippen molar-refractivity contribution in [1.29, 1.82) is 0 Å². The van der Waals surface area contributed by atoms with E-state index in [0.717, 1.165) is 25.9 Å². The molecule has 1 unspecified atom stereocenters. The summed E-state index contributed by atoms with van der Waals surface area (Å²) in [6.07, 6.45) is 0.979. The molecule has 0 aliphatic carbocycles. The molecule has 1 N–H and O–H groups in total. The lowest BCUT2D eigenvalue weighted by Crippen LogP contribution is -2.48. The van der Waals surface area contributed by atoms with Crippen LogP contribution in [0.5, 0.6) is 0 Å². The van der Waals surface area contributed by atoms with Gasteiger partial charge in [0.1, 0.15) is 0 Å². The minimum atomic E-state index is -0.504. The van der Waals surface area contributed by atoms with Crippen LogP contribution in [0.25, 0.3) is 0 Å². The molecule has 0 aromatic heterocycles. The monoisotopic (exact) mass is 318 g/mol. The van der Waals surface area contributed by atoms with E-state index in [9.17, 15) is 14.7 Å². The van der Waals surface area contributed by atoms with Crippen LogP contribution in [-0.2, 0) is 4.74 Å². The number of rotatable bonds is 5. The van der Waals surface area contributed by atoms with E-state index in [-0.39, 0.29) is 17.9 Å². The molecule has 1 fully saturated rings. The third kappa shape index (κ3) is 3.15. The Bertz CT molecular complexity index is 561. The van der Waals surface area contributed by atoms with Gasteiger partial charge in [0.15, 0.2) is 0 Å². The summed E-state index contributed by atoms with van der Waals surface area (Å²) in [5.41, 5.74) is 1.02. The summed E-state index contributed by atoms with van der Waals surface area (Å²) in [6, 6.07) is 6.94. The van der Waals surface area contributed by atoms with Crippen LogP contribution in [0.3, 0.4) is 0 Å². The topological polar surface area (TPSA) is 70.1 Å². The SMILES string of the molecule is COCC(O)CN1CCC(N2C(=O)c3ccccc3C2=O)CC1. The Kier molecular flexibility index (Phi) is 4.75. The maximum Gasteiger partial charge on any atom is 0.261 e. The van der Waals surface area contributed by atoms with E-state index in [2.05, 4.69) is 4.90 Å². The van der Waals surface area contributed by atoms with Crippen molar-refractivity contribution in [3.8, 4) is 0 Å². The van der Waals surface area contributed by atoms with Gasteiger partial charge in [-0.2, -0.15) is 0 Å². The number of aliphatic hydroxyl groups excluding tert-OH is 1. The molecule has 6 nitrogen and oxygen atoms in total. The normalized spacial score (nSPS) is 20.9. The van der Waals surface area contributed by atoms with Gasteiger partial charge in [-0.05, 0) is 25.0 Å². The first-order valence-electron chi connectivity index (χ1n) is 7.98. The molecule has 1 aromatic carbocycles. The molecule has 3 rings (SSSR count). The van der Waals surface area contributed by atoms with Crippen molar-refractivity contribution in [1.82, 2.24) is 9.80 Å². The lowest BCUT2D eigenvalue weighted by Gasteiger charge is -2.36. The molecule has 1 aromatic rings. The first-order chi connectivity index (χ1) is 11.1. The Balaban J connectivity index is 1.61.